The summed E-state index contributed by atoms with van der Waals surface area (Å²) >= 11 is 0. The maximum absolute atomic E-state index is 12.5. The number of Topliss-reactive ketones (excluding diaryl/α,β-unsaturated/α-hetero) is 1. The topological polar surface area (TPSA) is 93.8 Å². The lowest BCUT2D eigenvalue weighted by Gasteiger charge is -2.13. The SMILES string of the molecule is CCCc1nc(CC)c(C(C)=O)n1Cc1ccc(-c2cc(-c3ccccc3)ccc2-c2noc(=O)[nH]2)cc1. The van der Waals surface area contributed by atoms with Crippen LogP contribution >= 0.6 is 0 Å². The summed E-state index contributed by atoms with van der Waals surface area (Å²) in [7, 11) is 0. The summed E-state index contributed by atoms with van der Waals surface area (Å²) in [6, 6.07) is 24.5. The number of imidazole rings is 1. The Bertz CT molecular complexity index is 1630. The second kappa shape index (κ2) is 10.8. The van der Waals surface area contributed by atoms with Gasteiger partial charge in [-0.05, 0) is 52.8 Å². The zero-order valence-corrected chi connectivity index (χ0v) is 21.8. The highest BCUT2D eigenvalue weighted by molar-refractivity contribution is 5.93. The van der Waals surface area contributed by atoms with Gasteiger partial charge in [-0.3, -0.25) is 14.3 Å². The van der Waals surface area contributed by atoms with Crippen LogP contribution in [0.1, 0.15) is 54.8 Å². The van der Waals surface area contributed by atoms with Crippen molar-refractivity contribution in [2.75, 3.05) is 0 Å². The minimum absolute atomic E-state index is 0.0392. The Labute approximate surface area is 221 Å². The molecule has 7 nitrogen and oxygen atoms in total. The normalized spacial score (nSPS) is 11.1. The van der Waals surface area contributed by atoms with Gasteiger partial charge in [0, 0.05) is 25.5 Å². The molecule has 7 heteroatoms. The molecule has 2 aromatic heterocycles. The lowest BCUT2D eigenvalue weighted by Crippen LogP contribution is -2.12. The van der Waals surface area contributed by atoms with Crippen LogP contribution in [0.4, 0.5) is 0 Å². The van der Waals surface area contributed by atoms with Crippen molar-refractivity contribution in [3.05, 3.63) is 106 Å². The highest BCUT2D eigenvalue weighted by Crippen LogP contribution is 2.34. The number of carbonyl (C=O) groups is 1. The Balaban J connectivity index is 1.55. The molecule has 0 aliphatic carbocycles. The van der Waals surface area contributed by atoms with Gasteiger partial charge in [0.1, 0.15) is 11.5 Å². The third-order valence-electron chi connectivity index (χ3n) is 6.69. The molecule has 0 spiro atoms. The fourth-order valence-corrected chi connectivity index (χ4v) is 4.90. The van der Waals surface area contributed by atoms with E-state index in [0.29, 0.717) is 18.1 Å². The molecule has 0 radical (unpaired) electrons. The maximum atomic E-state index is 12.5. The van der Waals surface area contributed by atoms with Crippen molar-refractivity contribution in [3.63, 3.8) is 0 Å². The molecule has 2 heterocycles. The lowest BCUT2D eigenvalue weighted by molar-refractivity contribution is 0.100. The first-order valence-corrected chi connectivity index (χ1v) is 12.9. The lowest BCUT2D eigenvalue weighted by atomic mass is 9.93. The van der Waals surface area contributed by atoms with E-state index in [-0.39, 0.29) is 5.78 Å². The van der Waals surface area contributed by atoms with Gasteiger partial charge in [-0.1, -0.05) is 79.7 Å². The van der Waals surface area contributed by atoms with Crippen LogP contribution in [0.15, 0.2) is 82.1 Å². The average Bonchev–Trinajstić information content (AvgIpc) is 3.53. The zero-order valence-electron chi connectivity index (χ0n) is 21.8. The van der Waals surface area contributed by atoms with Crippen molar-refractivity contribution in [2.24, 2.45) is 0 Å². The zero-order chi connectivity index (χ0) is 26.6. The molecular weight excluding hydrogens is 476 g/mol. The monoisotopic (exact) mass is 506 g/mol. The molecule has 0 amide bonds. The molecule has 0 bridgehead atoms. The Morgan fingerprint density at radius 2 is 1.66 bits per heavy atom. The summed E-state index contributed by atoms with van der Waals surface area (Å²) in [6.07, 6.45) is 2.51. The molecule has 0 saturated heterocycles. The summed E-state index contributed by atoms with van der Waals surface area (Å²) in [5.74, 6) is 0.780. The predicted molar refractivity (Wildman–Crippen MR) is 148 cm³/mol. The highest BCUT2D eigenvalue weighted by atomic mass is 16.5. The third kappa shape index (κ3) is 5.00. The number of rotatable bonds is 9. The molecule has 0 aliphatic rings. The van der Waals surface area contributed by atoms with Crippen LogP contribution in [0.2, 0.25) is 0 Å². The van der Waals surface area contributed by atoms with Crippen molar-refractivity contribution < 1.29 is 9.32 Å². The minimum Gasteiger partial charge on any atom is -0.321 e. The number of H-pyrrole nitrogens is 1. The largest absolute Gasteiger partial charge is 0.439 e. The molecule has 0 atom stereocenters. The predicted octanol–water partition coefficient (Wildman–Crippen LogP) is 6.33. The second-order valence-electron chi connectivity index (χ2n) is 9.34. The van der Waals surface area contributed by atoms with Crippen molar-refractivity contribution in [1.82, 2.24) is 19.7 Å². The molecule has 192 valence electrons. The van der Waals surface area contributed by atoms with Gasteiger partial charge in [0.2, 0.25) is 0 Å². The van der Waals surface area contributed by atoms with Gasteiger partial charge in [0.05, 0.1) is 5.69 Å². The molecule has 0 aliphatic heterocycles. The molecule has 5 rings (SSSR count). The number of aryl methyl sites for hydroxylation is 2. The summed E-state index contributed by atoms with van der Waals surface area (Å²) in [5, 5.41) is 3.93. The Kier molecular flexibility index (Phi) is 7.18. The van der Waals surface area contributed by atoms with Gasteiger partial charge in [0.15, 0.2) is 11.6 Å². The second-order valence-corrected chi connectivity index (χ2v) is 9.34. The molecule has 0 fully saturated rings. The van der Waals surface area contributed by atoms with Gasteiger partial charge in [-0.25, -0.2) is 9.78 Å². The third-order valence-corrected chi connectivity index (χ3v) is 6.69. The number of nitrogens with zero attached hydrogens (tertiary/aromatic N) is 3. The molecule has 1 N–H and O–H groups in total. The number of nitrogens with one attached hydrogen (secondary N) is 1. The molecule has 3 aromatic carbocycles. The molecule has 0 unspecified atom stereocenters. The quantitative estimate of drug-likeness (QED) is 0.236. The maximum Gasteiger partial charge on any atom is 0.439 e. The molecule has 38 heavy (non-hydrogen) atoms. The van der Waals surface area contributed by atoms with Gasteiger partial charge in [0.25, 0.3) is 0 Å². The molecular formula is C31H30N4O3. The van der Waals surface area contributed by atoms with Crippen molar-refractivity contribution in [1.29, 1.82) is 0 Å². The summed E-state index contributed by atoms with van der Waals surface area (Å²) < 4.78 is 6.86. The van der Waals surface area contributed by atoms with E-state index in [9.17, 15) is 9.59 Å². The van der Waals surface area contributed by atoms with Crippen LogP contribution < -0.4 is 5.76 Å². The van der Waals surface area contributed by atoms with Crippen LogP contribution in [-0.4, -0.2) is 25.5 Å². The van der Waals surface area contributed by atoms with Crippen molar-refractivity contribution in [2.45, 2.75) is 46.6 Å². The van der Waals surface area contributed by atoms with Crippen LogP contribution in [-0.2, 0) is 19.4 Å². The van der Waals surface area contributed by atoms with E-state index in [1.165, 1.54) is 0 Å². The van der Waals surface area contributed by atoms with E-state index in [4.69, 9.17) is 9.51 Å². The van der Waals surface area contributed by atoms with E-state index in [1.54, 1.807) is 6.92 Å². The van der Waals surface area contributed by atoms with Crippen LogP contribution in [0.5, 0.6) is 0 Å². The fourth-order valence-electron chi connectivity index (χ4n) is 4.90. The first-order chi connectivity index (χ1) is 18.5. The van der Waals surface area contributed by atoms with Crippen molar-refractivity contribution in [3.8, 4) is 33.6 Å². The number of aromatic amines is 1. The number of ketones is 1. The van der Waals surface area contributed by atoms with Crippen LogP contribution in [0.25, 0.3) is 33.6 Å². The van der Waals surface area contributed by atoms with Gasteiger partial charge < -0.3 is 4.57 Å². The first-order valence-electron chi connectivity index (χ1n) is 12.9. The number of benzene rings is 3. The first kappa shape index (κ1) is 25.1. The standard InChI is InChI=1S/C31H30N4O3/c1-4-9-28-32-27(5-2)29(20(3)36)35(28)19-21-12-14-23(15-13-21)26-18-24(22-10-7-6-8-11-22)16-17-25(26)30-33-31(37)38-34-30/h6-8,10-18H,4-5,9,19H2,1-3H3,(H,33,34,37). The summed E-state index contributed by atoms with van der Waals surface area (Å²) in [5.41, 5.74) is 7.46. The number of aromatic nitrogens is 4. The Hall–Kier alpha value is -4.52. The Morgan fingerprint density at radius 3 is 2.29 bits per heavy atom. The van der Waals surface area contributed by atoms with Gasteiger partial charge in [-0.2, -0.15) is 0 Å². The highest BCUT2D eigenvalue weighted by Gasteiger charge is 2.19. The van der Waals surface area contributed by atoms with Gasteiger partial charge >= 0.3 is 5.76 Å². The smallest absolute Gasteiger partial charge is 0.321 e. The van der Waals surface area contributed by atoms with Crippen LogP contribution in [0.3, 0.4) is 0 Å². The van der Waals surface area contributed by atoms with Crippen LogP contribution in [0, 0.1) is 0 Å². The average molecular weight is 507 g/mol. The van der Waals surface area contributed by atoms with E-state index in [1.807, 2.05) is 37.3 Å². The van der Waals surface area contributed by atoms with Crippen molar-refractivity contribution >= 4 is 5.78 Å². The number of hydrogen-bond donors (Lipinski definition) is 1. The number of carbonyl (C=O) groups excluding carboxylic acids is 1. The van der Waals surface area contributed by atoms with E-state index < -0.39 is 5.76 Å². The number of hydrogen-bond acceptors (Lipinski definition) is 5. The van der Waals surface area contributed by atoms with E-state index in [2.05, 4.69) is 64.1 Å². The Morgan fingerprint density at radius 1 is 0.921 bits per heavy atom. The summed E-state index contributed by atoms with van der Waals surface area (Å²) in [6.45, 7) is 6.34. The summed E-state index contributed by atoms with van der Waals surface area (Å²) in [4.78, 5) is 31.6. The minimum atomic E-state index is -0.593. The van der Waals surface area contributed by atoms with Gasteiger partial charge in [-0.15, -0.1) is 0 Å². The molecule has 0 saturated carbocycles. The van der Waals surface area contributed by atoms with E-state index >= 15 is 0 Å². The van der Waals surface area contributed by atoms with E-state index in [0.717, 1.165) is 64.2 Å². The fraction of sp³-hybridized carbons (Fsp3) is 0.226. The molecule has 5 aromatic rings.